The number of halogens is 2. The van der Waals surface area contributed by atoms with E-state index in [1.807, 2.05) is 0 Å². The molecule has 3 aliphatic carbocycles. The van der Waals surface area contributed by atoms with Crippen LogP contribution in [0.4, 0.5) is 4.39 Å². The van der Waals surface area contributed by atoms with Crippen LogP contribution < -0.4 is 0 Å². The summed E-state index contributed by atoms with van der Waals surface area (Å²) >= 11 is 11.3. The standard InChI is InChI=1S/C15H14ClFN2S/c16-8-4-10-11(5-9(8)17)19(15(20)18-10)14-12-6-1-2-7(3-6)13(12)14/h4-7,12-14H,1-3H2,(H,18,20). The van der Waals surface area contributed by atoms with E-state index in [2.05, 4.69) is 9.55 Å². The summed E-state index contributed by atoms with van der Waals surface area (Å²) in [4.78, 5) is 3.18. The first-order valence-electron chi connectivity index (χ1n) is 7.24. The first kappa shape index (κ1) is 11.8. The molecular weight excluding hydrogens is 295 g/mol. The van der Waals surface area contributed by atoms with Crippen LogP contribution in [0.2, 0.25) is 5.02 Å². The van der Waals surface area contributed by atoms with Crippen molar-refractivity contribution in [3.05, 3.63) is 27.7 Å². The minimum absolute atomic E-state index is 0.150. The van der Waals surface area contributed by atoms with Crippen molar-refractivity contribution in [3.63, 3.8) is 0 Å². The number of benzene rings is 1. The van der Waals surface area contributed by atoms with Crippen LogP contribution in [-0.4, -0.2) is 9.55 Å². The van der Waals surface area contributed by atoms with Crippen LogP contribution in [-0.2, 0) is 0 Å². The van der Waals surface area contributed by atoms with Crippen molar-refractivity contribution in [1.29, 1.82) is 0 Å². The van der Waals surface area contributed by atoms with Gasteiger partial charge in [-0.2, -0.15) is 0 Å². The van der Waals surface area contributed by atoms with Gasteiger partial charge in [0.05, 0.1) is 16.1 Å². The fourth-order valence-corrected chi connectivity index (χ4v) is 5.53. The maximum atomic E-state index is 13.8. The van der Waals surface area contributed by atoms with Crippen molar-refractivity contribution in [2.75, 3.05) is 0 Å². The van der Waals surface area contributed by atoms with Gasteiger partial charge in [0.1, 0.15) is 5.82 Å². The van der Waals surface area contributed by atoms with Crippen LogP contribution in [0.1, 0.15) is 25.3 Å². The Bertz CT molecular complexity index is 779. The molecule has 20 heavy (non-hydrogen) atoms. The average molecular weight is 309 g/mol. The number of nitrogens with zero attached hydrogens (tertiary/aromatic N) is 1. The van der Waals surface area contributed by atoms with E-state index < -0.39 is 0 Å². The molecule has 1 heterocycles. The van der Waals surface area contributed by atoms with Gasteiger partial charge in [0.15, 0.2) is 4.77 Å². The third-order valence-electron chi connectivity index (χ3n) is 5.75. The molecule has 1 aromatic carbocycles. The molecule has 5 rings (SSSR count). The van der Waals surface area contributed by atoms with E-state index in [1.165, 1.54) is 25.3 Å². The average Bonchev–Trinajstić information content (AvgIpc) is 2.73. The summed E-state index contributed by atoms with van der Waals surface area (Å²) in [6.07, 6.45) is 4.15. The molecular formula is C15H14ClFN2S. The maximum absolute atomic E-state index is 13.8. The molecule has 2 aromatic rings. The van der Waals surface area contributed by atoms with Crippen LogP contribution >= 0.6 is 23.8 Å². The lowest BCUT2D eigenvalue weighted by atomic mass is 10.0. The highest BCUT2D eigenvalue weighted by atomic mass is 35.5. The predicted molar refractivity (Wildman–Crippen MR) is 78.9 cm³/mol. The molecule has 3 saturated carbocycles. The second kappa shape index (κ2) is 3.66. The van der Waals surface area contributed by atoms with Crippen LogP contribution in [0, 0.1) is 34.3 Å². The van der Waals surface area contributed by atoms with Crippen molar-refractivity contribution in [2.45, 2.75) is 25.3 Å². The topological polar surface area (TPSA) is 20.7 Å². The van der Waals surface area contributed by atoms with Crippen molar-refractivity contribution >= 4 is 34.9 Å². The van der Waals surface area contributed by atoms with Gasteiger partial charge < -0.3 is 9.55 Å². The highest BCUT2D eigenvalue weighted by molar-refractivity contribution is 7.71. The van der Waals surface area contributed by atoms with E-state index in [1.54, 1.807) is 6.07 Å². The molecule has 104 valence electrons. The van der Waals surface area contributed by atoms with Crippen LogP contribution in [0.25, 0.3) is 11.0 Å². The molecule has 0 saturated heterocycles. The second-order valence-electron chi connectivity index (χ2n) is 6.56. The monoisotopic (exact) mass is 308 g/mol. The van der Waals surface area contributed by atoms with E-state index >= 15 is 0 Å². The van der Waals surface area contributed by atoms with Crippen LogP contribution in [0.3, 0.4) is 0 Å². The van der Waals surface area contributed by atoms with Crippen LogP contribution in [0.15, 0.2) is 12.1 Å². The second-order valence-corrected chi connectivity index (χ2v) is 7.36. The Hall–Kier alpha value is -0.870. The van der Waals surface area contributed by atoms with Gasteiger partial charge in [0, 0.05) is 12.1 Å². The highest BCUT2D eigenvalue weighted by Gasteiger charge is 2.66. The van der Waals surface area contributed by atoms with E-state index in [0.29, 0.717) is 10.8 Å². The molecule has 3 fully saturated rings. The van der Waals surface area contributed by atoms with Gasteiger partial charge in [0.2, 0.25) is 0 Å². The minimum atomic E-state index is -0.365. The zero-order valence-electron chi connectivity index (χ0n) is 10.8. The predicted octanol–water partition coefficient (Wildman–Crippen LogP) is 4.71. The number of imidazole rings is 1. The third kappa shape index (κ3) is 1.32. The van der Waals surface area contributed by atoms with Gasteiger partial charge in [-0.3, -0.25) is 0 Å². The van der Waals surface area contributed by atoms with Gasteiger partial charge >= 0.3 is 0 Å². The van der Waals surface area contributed by atoms with E-state index in [4.69, 9.17) is 23.8 Å². The molecule has 0 spiro atoms. The van der Waals surface area contributed by atoms with Crippen molar-refractivity contribution in [1.82, 2.24) is 9.55 Å². The zero-order valence-corrected chi connectivity index (χ0v) is 12.3. The molecule has 0 aliphatic heterocycles. The normalized spacial score (nSPS) is 37.6. The molecule has 5 heteroatoms. The minimum Gasteiger partial charge on any atom is -0.331 e. The molecule has 0 amide bonds. The lowest BCUT2D eigenvalue weighted by Crippen LogP contribution is -2.05. The summed E-state index contributed by atoms with van der Waals surface area (Å²) in [7, 11) is 0. The van der Waals surface area contributed by atoms with Gasteiger partial charge in [-0.1, -0.05) is 11.6 Å². The maximum Gasteiger partial charge on any atom is 0.178 e. The Kier molecular flexibility index (Phi) is 2.15. The molecule has 1 aromatic heterocycles. The molecule has 4 unspecified atom stereocenters. The fourth-order valence-electron chi connectivity index (χ4n) is 5.04. The molecule has 2 bridgehead atoms. The quantitative estimate of drug-likeness (QED) is 0.757. The first-order chi connectivity index (χ1) is 9.65. The zero-order chi connectivity index (χ0) is 13.6. The van der Waals surface area contributed by atoms with Crippen molar-refractivity contribution < 1.29 is 4.39 Å². The number of nitrogens with one attached hydrogen (secondary N) is 1. The number of rotatable bonds is 1. The highest BCUT2D eigenvalue weighted by Crippen LogP contribution is 2.71. The first-order valence-corrected chi connectivity index (χ1v) is 8.03. The smallest absolute Gasteiger partial charge is 0.178 e. The van der Waals surface area contributed by atoms with Gasteiger partial charge in [0.25, 0.3) is 0 Å². The largest absolute Gasteiger partial charge is 0.331 e. The number of aromatic amines is 1. The summed E-state index contributed by atoms with van der Waals surface area (Å²) in [5, 5.41) is 0.150. The summed E-state index contributed by atoms with van der Waals surface area (Å²) in [5.74, 6) is 2.94. The molecule has 1 N–H and O–H groups in total. The number of H-pyrrole nitrogens is 1. The Morgan fingerprint density at radius 1 is 1.25 bits per heavy atom. The SMILES string of the molecule is Fc1cc2c(cc1Cl)[nH]c(=S)n2C1C2C3CCC(C3)C21. The molecule has 3 aliphatic rings. The number of hydrogen-bond donors (Lipinski definition) is 1. The fraction of sp³-hybridized carbons (Fsp3) is 0.533. The molecule has 4 atom stereocenters. The summed E-state index contributed by atoms with van der Waals surface area (Å²) in [6.45, 7) is 0. The van der Waals surface area contributed by atoms with Gasteiger partial charge in [-0.15, -0.1) is 0 Å². The van der Waals surface area contributed by atoms with Gasteiger partial charge in [-0.25, -0.2) is 4.39 Å². The molecule has 2 nitrogen and oxygen atoms in total. The van der Waals surface area contributed by atoms with Crippen LogP contribution in [0.5, 0.6) is 0 Å². The van der Waals surface area contributed by atoms with Crippen molar-refractivity contribution in [3.8, 4) is 0 Å². The Balaban J connectivity index is 1.69. The number of fused-ring (bicyclic) bond motifs is 6. The molecule has 0 radical (unpaired) electrons. The summed E-state index contributed by atoms with van der Waals surface area (Å²) in [6, 6.07) is 3.66. The van der Waals surface area contributed by atoms with E-state index in [0.717, 1.165) is 34.7 Å². The summed E-state index contributed by atoms with van der Waals surface area (Å²) < 4.78 is 16.6. The Morgan fingerprint density at radius 2 is 1.95 bits per heavy atom. The van der Waals surface area contributed by atoms with E-state index in [9.17, 15) is 4.39 Å². The number of aromatic nitrogens is 2. The van der Waals surface area contributed by atoms with Crippen molar-refractivity contribution in [2.24, 2.45) is 23.7 Å². The number of hydrogen-bond acceptors (Lipinski definition) is 1. The Labute approximate surface area is 125 Å². The lowest BCUT2D eigenvalue weighted by Gasteiger charge is -2.11. The van der Waals surface area contributed by atoms with Gasteiger partial charge in [-0.05, 0) is 61.2 Å². The Morgan fingerprint density at radius 3 is 2.65 bits per heavy atom. The summed E-state index contributed by atoms with van der Waals surface area (Å²) in [5.41, 5.74) is 1.72. The lowest BCUT2D eigenvalue weighted by molar-refractivity contribution is 0.456. The third-order valence-corrected chi connectivity index (χ3v) is 6.34. The van der Waals surface area contributed by atoms with E-state index in [-0.39, 0.29) is 10.8 Å².